The minimum Gasteiger partial charge on any atom is -0.497 e. The van der Waals surface area contributed by atoms with E-state index in [0.29, 0.717) is 25.9 Å². The van der Waals surface area contributed by atoms with Gasteiger partial charge in [0.1, 0.15) is 11.6 Å². The van der Waals surface area contributed by atoms with Gasteiger partial charge in [-0.05, 0) is 61.7 Å². The summed E-state index contributed by atoms with van der Waals surface area (Å²) < 4.78 is 45.4. The fraction of sp³-hybridized carbons (Fsp3) is 0.381. The van der Waals surface area contributed by atoms with Crippen LogP contribution in [0.3, 0.4) is 0 Å². The summed E-state index contributed by atoms with van der Waals surface area (Å²) in [7, 11) is -2.20. The van der Waals surface area contributed by atoms with Crippen LogP contribution in [0.4, 0.5) is 4.39 Å². The van der Waals surface area contributed by atoms with Crippen LogP contribution in [0.2, 0.25) is 0 Å². The van der Waals surface area contributed by atoms with Crippen molar-refractivity contribution < 1.29 is 22.3 Å². The van der Waals surface area contributed by atoms with Gasteiger partial charge >= 0.3 is 0 Å². The number of nitrogens with zero attached hydrogens (tertiary/aromatic N) is 1. The monoisotopic (exact) mass is 420 g/mol. The summed E-state index contributed by atoms with van der Waals surface area (Å²) in [4.78, 5) is 12.9. The highest BCUT2D eigenvalue weighted by Gasteiger charge is 2.41. The van der Waals surface area contributed by atoms with Gasteiger partial charge in [-0.1, -0.05) is 12.1 Å². The summed E-state index contributed by atoms with van der Waals surface area (Å²) in [6.45, 7) is 2.55. The molecule has 1 aliphatic heterocycles. The predicted molar refractivity (Wildman–Crippen MR) is 107 cm³/mol. The maximum absolute atomic E-state index is 13.1. The molecule has 2 aromatic carbocycles. The Hall–Kier alpha value is -2.45. The average molecular weight is 421 g/mol. The molecule has 1 N–H and O–H groups in total. The number of rotatable bonds is 6. The van der Waals surface area contributed by atoms with Gasteiger partial charge in [0.05, 0.1) is 17.4 Å². The van der Waals surface area contributed by atoms with Crippen LogP contribution in [0.1, 0.15) is 25.3 Å². The molecule has 0 spiro atoms. The maximum Gasteiger partial charge on any atom is 0.243 e. The molecule has 0 radical (unpaired) electrons. The number of carbonyl (C=O) groups excluding carboxylic acids is 1. The Labute approximate surface area is 170 Å². The third-order valence-electron chi connectivity index (χ3n) is 5.27. The van der Waals surface area contributed by atoms with Crippen molar-refractivity contribution in [1.29, 1.82) is 0 Å². The van der Waals surface area contributed by atoms with E-state index in [-0.39, 0.29) is 17.3 Å². The standard InChI is InChI=1S/C21H25FN2O4S/c1-21(20(25)23-14-16-4-8-18(28-2)9-5-16)12-3-13-24(15-21)29(26,27)19-10-6-17(22)7-11-19/h4-11H,3,12-15H2,1-2H3,(H,23,25)/t21-/m1/s1. The molecule has 0 aliphatic carbocycles. The first-order valence-electron chi connectivity index (χ1n) is 9.41. The summed E-state index contributed by atoms with van der Waals surface area (Å²) in [5.74, 6) is 0.0543. The Balaban J connectivity index is 1.68. The Morgan fingerprint density at radius 1 is 1.17 bits per heavy atom. The minimum atomic E-state index is -3.79. The predicted octanol–water partition coefficient (Wildman–Crippen LogP) is 2.94. The second-order valence-corrected chi connectivity index (χ2v) is 9.43. The van der Waals surface area contributed by atoms with Crippen LogP contribution in [-0.4, -0.2) is 38.8 Å². The van der Waals surface area contributed by atoms with Gasteiger partial charge in [0.25, 0.3) is 0 Å². The number of methoxy groups -OCH3 is 1. The van der Waals surface area contributed by atoms with E-state index in [1.54, 1.807) is 14.0 Å². The molecule has 1 fully saturated rings. The summed E-state index contributed by atoms with van der Waals surface area (Å²) in [6, 6.07) is 12.1. The highest BCUT2D eigenvalue weighted by atomic mass is 32.2. The van der Waals surface area contributed by atoms with Gasteiger partial charge in [-0.3, -0.25) is 4.79 Å². The molecule has 1 amide bonds. The van der Waals surface area contributed by atoms with Crippen LogP contribution < -0.4 is 10.1 Å². The Morgan fingerprint density at radius 3 is 2.45 bits per heavy atom. The number of ether oxygens (including phenoxy) is 1. The molecule has 0 unspecified atom stereocenters. The lowest BCUT2D eigenvalue weighted by molar-refractivity contribution is -0.132. The highest BCUT2D eigenvalue weighted by molar-refractivity contribution is 7.89. The quantitative estimate of drug-likeness (QED) is 0.780. The van der Waals surface area contributed by atoms with E-state index in [2.05, 4.69) is 5.32 Å². The van der Waals surface area contributed by atoms with Crippen LogP contribution in [0.25, 0.3) is 0 Å². The Kier molecular flexibility index (Phi) is 6.24. The number of nitrogens with one attached hydrogen (secondary N) is 1. The second kappa shape index (κ2) is 8.51. The first-order chi connectivity index (χ1) is 13.7. The van der Waals surface area contributed by atoms with Gasteiger partial charge in [0.2, 0.25) is 15.9 Å². The van der Waals surface area contributed by atoms with E-state index >= 15 is 0 Å². The number of piperidine rings is 1. The van der Waals surface area contributed by atoms with E-state index < -0.39 is 21.3 Å². The molecule has 0 saturated carbocycles. The zero-order chi connectivity index (χ0) is 21.1. The van der Waals surface area contributed by atoms with Crippen molar-refractivity contribution in [2.45, 2.75) is 31.2 Å². The van der Waals surface area contributed by atoms with Crippen molar-refractivity contribution in [2.24, 2.45) is 5.41 Å². The highest BCUT2D eigenvalue weighted by Crippen LogP contribution is 2.33. The molecule has 1 saturated heterocycles. The second-order valence-electron chi connectivity index (χ2n) is 7.49. The molecule has 1 atom stereocenters. The number of hydrogen-bond donors (Lipinski definition) is 1. The van der Waals surface area contributed by atoms with E-state index in [1.807, 2.05) is 24.3 Å². The maximum atomic E-state index is 13.1. The van der Waals surface area contributed by atoms with Crippen LogP contribution in [0.5, 0.6) is 5.75 Å². The van der Waals surface area contributed by atoms with Gasteiger partial charge in [-0.2, -0.15) is 4.31 Å². The third kappa shape index (κ3) is 4.76. The number of sulfonamides is 1. The van der Waals surface area contributed by atoms with Gasteiger partial charge in [-0.15, -0.1) is 0 Å². The Morgan fingerprint density at radius 2 is 1.83 bits per heavy atom. The fourth-order valence-corrected chi connectivity index (χ4v) is 5.08. The Bertz CT molecular complexity index is 961. The normalized spacial score (nSPS) is 20.2. The van der Waals surface area contributed by atoms with E-state index in [1.165, 1.54) is 16.4 Å². The number of amides is 1. The lowest BCUT2D eigenvalue weighted by Gasteiger charge is -2.38. The van der Waals surface area contributed by atoms with Crippen LogP contribution in [0.15, 0.2) is 53.4 Å². The number of hydrogen-bond acceptors (Lipinski definition) is 4. The van der Waals surface area contributed by atoms with E-state index in [4.69, 9.17) is 4.74 Å². The molecule has 0 aromatic heterocycles. The number of carbonyl (C=O) groups is 1. The molecule has 1 aliphatic rings. The van der Waals surface area contributed by atoms with Crippen LogP contribution >= 0.6 is 0 Å². The van der Waals surface area contributed by atoms with Gasteiger partial charge in [-0.25, -0.2) is 12.8 Å². The van der Waals surface area contributed by atoms with Crippen molar-refractivity contribution >= 4 is 15.9 Å². The zero-order valence-electron chi connectivity index (χ0n) is 16.5. The minimum absolute atomic E-state index is 0.0294. The topological polar surface area (TPSA) is 75.7 Å². The largest absolute Gasteiger partial charge is 0.497 e. The van der Waals surface area contributed by atoms with Crippen molar-refractivity contribution in [2.75, 3.05) is 20.2 Å². The van der Waals surface area contributed by atoms with Crippen LogP contribution in [0, 0.1) is 11.2 Å². The van der Waals surface area contributed by atoms with Crippen molar-refractivity contribution in [1.82, 2.24) is 9.62 Å². The molecular weight excluding hydrogens is 395 g/mol. The molecule has 3 rings (SSSR count). The SMILES string of the molecule is COc1ccc(CNC(=O)[C@]2(C)CCCN(S(=O)(=O)c3ccc(F)cc3)C2)cc1. The first kappa shape index (κ1) is 21.3. The third-order valence-corrected chi connectivity index (χ3v) is 7.13. The molecule has 2 aromatic rings. The summed E-state index contributed by atoms with van der Waals surface area (Å²) in [6.07, 6.45) is 1.17. The number of benzene rings is 2. The molecular formula is C21H25FN2O4S. The molecule has 156 valence electrons. The average Bonchev–Trinajstić information content (AvgIpc) is 2.72. The van der Waals surface area contributed by atoms with Gasteiger partial charge < -0.3 is 10.1 Å². The molecule has 6 nitrogen and oxygen atoms in total. The molecule has 29 heavy (non-hydrogen) atoms. The van der Waals surface area contributed by atoms with Gasteiger partial charge in [0, 0.05) is 19.6 Å². The lowest BCUT2D eigenvalue weighted by Crippen LogP contribution is -2.51. The zero-order valence-corrected chi connectivity index (χ0v) is 17.3. The summed E-state index contributed by atoms with van der Waals surface area (Å²) >= 11 is 0. The summed E-state index contributed by atoms with van der Waals surface area (Å²) in [5.41, 5.74) is 0.0898. The lowest BCUT2D eigenvalue weighted by atomic mass is 9.82. The first-order valence-corrected chi connectivity index (χ1v) is 10.9. The molecule has 1 heterocycles. The number of halogens is 1. The fourth-order valence-electron chi connectivity index (χ4n) is 3.48. The summed E-state index contributed by atoms with van der Waals surface area (Å²) in [5, 5.41) is 2.92. The molecule has 0 bridgehead atoms. The van der Waals surface area contributed by atoms with Gasteiger partial charge in [0.15, 0.2) is 0 Å². The van der Waals surface area contributed by atoms with Crippen molar-refractivity contribution in [3.8, 4) is 5.75 Å². The van der Waals surface area contributed by atoms with Crippen LogP contribution in [-0.2, 0) is 21.4 Å². The van der Waals surface area contributed by atoms with Crippen molar-refractivity contribution in [3.05, 3.63) is 59.9 Å². The molecule has 8 heteroatoms. The van der Waals surface area contributed by atoms with E-state index in [0.717, 1.165) is 23.4 Å². The van der Waals surface area contributed by atoms with Crippen molar-refractivity contribution in [3.63, 3.8) is 0 Å². The smallest absolute Gasteiger partial charge is 0.243 e. The van der Waals surface area contributed by atoms with E-state index in [9.17, 15) is 17.6 Å².